The lowest BCUT2D eigenvalue weighted by atomic mass is 9.72. The summed E-state index contributed by atoms with van der Waals surface area (Å²) in [5.41, 5.74) is 11.6. The number of benzene rings is 2. The number of hydrogen-bond acceptors (Lipinski definition) is 9. The number of fused-ring (bicyclic) bond motifs is 1. The SMILES string of the molecule is CC1(C)CCC(CN2CCN(c3ccc(C(=O)NS(=O)(=O)c4cnc(N)c(Cl)c4)c(Oc4cnc5[nH]ccc5c4)c3)CC2)=C(c2ccc(Cl)cc2)C1. The zero-order valence-corrected chi connectivity index (χ0v) is 31.2. The third-order valence-electron chi connectivity index (χ3n) is 9.72. The van der Waals surface area contributed by atoms with Gasteiger partial charge in [-0.1, -0.05) is 54.8 Å². The van der Waals surface area contributed by atoms with E-state index in [1.807, 2.05) is 24.3 Å². The van der Waals surface area contributed by atoms with Crippen molar-refractivity contribution in [2.24, 2.45) is 5.41 Å². The Bertz CT molecular complexity index is 2280. The topological polar surface area (TPSA) is 147 Å². The molecular weight excluding hydrogens is 721 g/mol. The number of carbonyl (C=O) groups is 1. The highest BCUT2D eigenvalue weighted by molar-refractivity contribution is 7.90. The van der Waals surface area contributed by atoms with Gasteiger partial charge in [-0.15, -0.1) is 0 Å². The molecule has 2 aliphatic rings. The van der Waals surface area contributed by atoms with Crippen LogP contribution in [-0.2, 0) is 10.0 Å². The number of amides is 1. The quantitative estimate of drug-likeness (QED) is 0.139. The van der Waals surface area contributed by atoms with Gasteiger partial charge in [0, 0.05) is 67.3 Å². The maximum absolute atomic E-state index is 13.6. The summed E-state index contributed by atoms with van der Waals surface area (Å²) < 4.78 is 34.7. The number of ether oxygens (including phenoxy) is 1. The summed E-state index contributed by atoms with van der Waals surface area (Å²) in [7, 11) is -4.34. The number of nitrogens with one attached hydrogen (secondary N) is 2. The van der Waals surface area contributed by atoms with Crippen molar-refractivity contribution >= 4 is 67.2 Å². The molecule has 7 rings (SSSR count). The van der Waals surface area contributed by atoms with Gasteiger partial charge >= 0.3 is 0 Å². The average molecular weight is 761 g/mol. The Balaban J connectivity index is 1.11. The molecular formula is C38H39Cl2N7O4S. The van der Waals surface area contributed by atoms with Crippen LogP contribution < -0.4 is 20.1 Å². The number of nitrogens with two attached hydrogens (primary N) is 1. The van der Waals surface area contributed by atoms with Gasteiger partial charge in [0.15, 0.2) is 0 Å². The van der Waals surface area contributed by atoms with Crippen molar-refractivity contribution in [3.63, 3.8) is 0 Å². The van der Waals surface area contributed by atoms with Crippen LogP contribution in [0.25, 0.3) is 16.6 Å². The van der Waals surface area contributed by atoms with E-state index in [-0.39, 0.29) is 32.5 Å². The Labute approximate surface area is 312 Å². The smallest absolute Gasteiger partial charge is 0.268 e. The molecule has 3 aromatic heterocycles. The van der Waals surface area contributed by atoms with E-state index in [2.05, 4.69) is 55.5 Å². The summed E-state index contributed by atoms with van der Waals surface area (Å²) in [6, 6.07) is 18.2. The minimum Gasteiger partial charge on any atom is -0.455 e. The average Bonchev–Trinajstić information content (AvgIpc) is 3.59. The molecule has 0 radical (unpaired) electrons. The Morgan fingerprint density at radius 2 is 1.77 bits per heavy atom. The van der Waals surface area contributed by atoms with Crippen LogP contribution >= 0.6 is 23.2 Å². The summed E-state index contributed by atoms with van der Waals surface area (Å²) in [5.74, 6) is -0.332. The van der Waals surface area contributed by atoms with E-state index in [4.69, 9.17) is 33.7 Å². The maximum Gasteiger partial charge on any atom is 0.268 e. The Morgan fingerprint density at radius 3 is 2.52 bits per heavy atom. The van der Waals surface area contributed by atoms with E-state index in [1.54, 1.807) is 30.6 Å². The molecule has 270 valence electrons. The number of carbonyl (C=O) groups excluding carboxylic acids is 1. The second-order valence-corrected chi connectivity index (χ2v) is 16.6. The zero-order valence-electron chi connectivity index (χ0n) is 28.8. The minimum atomic E-state index is -4.34. The van der Waals surface area contributed by atoms with Gasteiger partial charge in [-0.05, 0) is 78.3 Å². The first-order valence-electron chi connectivity index (χ1n) is 17.0. The van der Waals surface area contributed by atoms with Crippen LogP contribution in [0.3, 0.4) is 0 Å². The molecule has 0 saturated carbocycles. The number of H-pyrrole nitrogens is 1. The number of allylic oxidation sites excluding steroid dienone is 1. The van der Waals surface area contributed by atoms with Crippen molar-refractivity contribution in [3.05, 3.63) is 106 Å². The van der Waals surface area contributed by atoms with E-state index in [1.165, 1.54) is 16.7 Å². The Morgan fingerprint density at radius 1 is 1.00 bits per heavy atom. The normalized spacial score (nSPS) is 16.7. The lowest BCUT2D eigenvalue weighted by Gasteiger charge is -2.39. The third kappa shape index (κ3) is 7.90. The molecule has 1 aliphatic carbocycles. The van der Waals surface area contributed by atoms with E-state index in [0.29, 0.717) is 11.4 Å². The Hall–Kier alpha value is -4.62. The Kier molecular flexibility index (Phi) is 9.92. The fraction of sp³-hybridized carbons (Fsp3) is 0.289. The lowest BCUT2D eigenvalue weighted by molar-refractivity contribution is 0.0979. The number of halogens is 2. The standard InChI is InChI=1S/C38H39Cl2N7O4S/c1-38(2)11-9-26(32(20-38)24-3-5-27(39)6-4-24)23-46-13-15-47(16-14-46)28-7-8-31(34(18-28)51-29-17-25-10-12-42-36(25)44-21-29)37(48)45-52(49,50)30-19-33(40)35(41)43-22-30/h3-8,10,12,17-19,21-22H,9,11,13-16,20,23H2,1-2H3,(H2,41,43)(H,42,44)(H,45,48). The number of piperazine rings is 1. The number of aromatic amines is 1. The van der Waals surface area contributed by atoms with Gasteiger partial charge in [-0.2, -0.15) is 0 Å². The third-order valence-corrected chi connectivity index (χ3v) is 11.6. The monoisotopic (exact) mass is 759 g/mol. The van der Waals surface area contributed by atoms with Crippen LogP contribution in [0.1, 0.15) is 49.0 Å². The van der Waals surface area contributed by atoms with Gasteiger partial charge in [0.1, 0.15) is 27.9 Å². The van der Waals surface area contributed by atoms with Crippen LogP contribution in [0, 0.1) is 5.41 Å². The number of nitrogen functional groups attached to an aromatic ring is 1. The number of sulfonamides is 1. The summed E-state index contributed by atoms with van der Waals surface area (Å²) in [6.07, 6.45) is 7.61. The second-order valence-electron chi connectivity index (χ2n) is 14.0. The molecule has 14 heteroatoms. The van der Waals surface area contributed by atoms with Gasteiger partial charge in [0.25, 0.3) is 15.9 Å². The van der Waals surface area contributed by atoms with Gasteiger partial charge < -0.3 is 20.4 Å². The lowest BCUT2D eigenvalue weighted by Crippen LogP contribution is -2.47. The van der Waals surface area contributed by atoms with Gasteiger partial charge in [-0.25, -0.2) is 23.1 Å². The molecule has 0 atom stereocenters. The number of anilines is 2. The van der Waals surface area contributed by atoms with Gasteiger partial charge in [0.05, 0.1) is 16.8 Å². The van der Waals surface area contributed by atoms with E-state index < -0.39 is 15.9 Å². The molecule has 2 aromatic carbocycles. The first kappa shape index (κ1) is 35.8. The van der Waals surface area contributed by atoms with Crippen molar-refractivity contribution in [3.8, 4) is 11.5 Å². The van der Waals surface area contributed by atoms with Crippen molar-refractivity contribution in [1.82, 2.24) is 24.6 Å². The van der Waals surface area contributed by atoms with Gasteiger partial charge in [-0.3, -0.25) is 9.69 Å². The molecule has 4 N–H and O–H groups in total. The highest BCUT2D eigenvalue weighted by Crippen LogP contribution is 2.43. The molecule has 0 unspecified atom stereocenters. The highest BCUT2D eigenvalue weighted by Gasteiger charge is 2.30. The van der Waals surface area contributed by atoms with Crippen molar-refractivity contribution < 1.29 is 17.9 Å². The van der Waals surface area contributed by atoms with E-state index in [9.17, 15) is 13.2 Å². The molecule has 1 aliphatic heterocycles. The maximum atomic E-state index is 13.6. The zero-order chi connectivity index (χ0) is 36.6. The molecule has 1 saturated heterocycles. The molecule has 1 amide bonds. The summed E-state index contributed by atoms with van der Waals surface area (Å²) in [6.45, 7) is 8.81. The van der Waals surface area contributed by atoms with Crippen molar-refractivity contribution in [2.75, 3.05) is 43.4 Å². The van der Waals surface area contributed by atoms with Crippen LogP contribution in [-0.4, -0.2) is 66.9 Å². The fourth-order valence-corrected chi connectivity index (χ4v) is 8.09. The predicted octanol–water partition coefficient (Wildman–Crippen LogP) is 7.54. The predicted molar refractivity (Wildman–Crippen MR) is 206 cm³/mol. The first-order valence-corrected chi connectivity index (χ1v) is 19.2. The number of hydrogen-bond donors (Lipinski definition) is 3. The van der Waals surface area contributed by atoms with E-state index >= 15 is 0 Å². The molecule has 4 heterocycles. The van der Waals surface area contributed by atoms with Crippen LogP contribution in [0.15, 0.2) is 89.7 Å². The van der Waals surface area contributed by atoms with Gasteiger partial charge in [0.2, 0.25) is 0 Å². The number of rotatable bonds is 9. The summed E-state index contributed by atoms with van der Waals surface area (Å²) >= 11 is 12.2. The molecule has 11 nitrogen and oxygen atoms in total. The summed E-state index contributed by atoms with van der Waals surface area (Å²) in [4.78, 5) is 29.3. The van der Waals surface area contributed by atoms with E-state index in [0.717, 1.165) is 80.3 Å². The largest absolute Gasteiger partial charge is 0.455 e. The number of aromatic nitrogens is 3. The van der Waals surface area contributed by atoms with Crippen LogP contribution in [0.4, 0.5) is 11.5 Å². The molecule has 1 fully saturated rings. The minimum absolute atomic E-state index is 0.0233. The molecule has 5 aromatic rings. The van der Waals surface area contributed by atoms with Crippen molar-refractivity contribution in [2.45, 2.75) is 38.0 Å². The van der Waals surface area contributed by atoms with Crippen molar-refractivity contribution in [1.29, 1.82) is 0 Å². The molecule has 52 heavy (non-hydrogen) atoms. The molecule has 0 spiro atoms. The number of nitrogens with zero attached hydrogens (tertiary/aromatic N) is 4. The summed E-state index contributed by atoms with van der Waals surface area (Å²) in [5, 5.41) is 1.52. The van der Waals surface area contributed by atoms with Crippen LogP contribution in [0.5, 0.6) is 11.5 Å². The highest BCUT2D eigenvalue weighted by atomic mass is 35.5. The molecule has 0 bridgehead atoms. The number of pyridine rings is 2. The van der Waals surface area contributed by atoms with Crippen LogP contribution in [0.2, 0.25) is 10.0 Å². The first-order chi connectivity index (χ1) is 24.8. The fourth-order valence-electron chi connectivity index (χ4n) is 6.79. The second kappa shape index (κ2) is 14.4.